The number of phenolic OH excluding ortho intramolecular Hbond substituents is 1. The number of aromatic hydroxyl groups is 1. The number of nitrogens with zero attached hydrogens (tertiary/aromatic N) is 2. The van der Waals surface area contributed by atoms with Crippen LogP contribution in [0.15, 0.2) is 23.0 Å². The maximum atomic E-state index is 13.9. The minimum absolute atomic E-state index is 0.104. The number of likely N-dealkylation sites (tertiary alicyclic amines) is 1. The molecule has 3 aliphatic carbocycles. The van der Waals surface area contributed by atoms with E-state index in [4.69, 9.17) is 5.73 Å². The molecule has 2 fully saturated rings. The molecule has 1 saturated heterocycles. The predicted molar refractivity (Wildman–Crippen MR) is 139 cm³/mol. The molecule has 1 amide bonds. The van der Waals surface area contributed by atoms with E-state index in [-0.39, 0.29) is 29.7 Å². The maximum Gasteiger partial charge on any atom is 0.255 e. The molecule has 0 aromatic heterocycles. The molecule has 1 saturated carbocycles. The van der Waals surface area contributed by atoms with Gasteiger partial charge in [-0.3, -0.25) is 19.3 Å². The van der Waals surface area contributed by atoms with E-state index in [9.17, 15) is 34.8 Å². The first-order chi connectivity index (χ1) is 17.9. The molecule has 0 unspecified atom stereocenters. The van der Waals surface area contributed by atoms with E-state index < -0.39 is 57.9 Å². The zero-order valence-corrected chi connectivity index (χ0v) is 22.0. The van der Waals surface area contributed by atoms with Crippen molar-refractivity contribution in [2.24, 2.45) is 23.5 Å². The number of aliphatic hydroxyl groups excluding tert-OH is 2. The molecule has 1 aromatic carbocycles. The molecule has 1 aliphatic heterocycles. The van der Waals surface area contributed by atoms with Gasteiger partial charge < -0.3 is 31.1 Å². The van der Waals surface area contributed by atoms with Crippen LogP contribution in [0.25, 0.3) is 5.76 Å². The van der Waals surface area contributed by atoms with Crippen LogP contribution in [0.2, 0.25) is 0 Å². The molecule has 1 heterocycles. The number of hydrogen-bond acceptors (Lipinski definition) is 9. The van der Waals surface area contributed by atoms with Gasteiger partial charge in [-0.05, 0) is 56.3 Å². The van der Waals surface area contributed by atoms with Crippen molar-refractivity contribution in [2.75, 3.05) is 32.1 Å². The van der Waals surface area contributed by atoms with Crippen LogP contribution in [-0.2, 0) is 27.3 Å². The van der Waals surface area contributed by atoms with Crippen LogP contribution in [0.4, 0.5) is 5.69 Å². The van der Waals surface area contributed by atoms with Gasteiger partial charge in [0.05, 0.1) is 5.56 Å². The Bertz CT molecular complexity index is 1310. The van der Waals surface area contributed by atoms with Crippen LogP contribution in [0.3, 0.4) is 0 Å². The fourth-order valence-electron chi connectivity index (χ4n) is 6.92. The zero-order valence-electron chi connectivity index (χ0n) is 22.0. The summed E-state index contributed by atoms with van der Waals surface area (Å²) in [6, 6.07) is 1.92. The highest BCUT2D eigenvalue weighted by atomic mass is 16.3. The van der Waals surface area contributed by atoms with E-state index in [2.05, 4.69) is 4.90 Å². The molecule has 5 rings (SSSR count). The van der Waals surface area contributed by atoms with Crippen LogP contribution < -0.4 is 10.6 Å². The number of Topliss-reactive ketones (excluding diaryl/α,β-unsaturated/α-hetero) is 2. The fraction of sp³-hybridized carbons (Fsp3) is 0.536. The largest absolute Gasteiger partial charge is 0.508 e. The highest BCUT2D eigenvalue weighted by Gasteiger charge is 2.62. The van der Waals surface area contributed by atoms with Gasteiger partial charge in [-0.1, -0.05) is 13.3 Å². The molecular formula is C28H35N3O7. The van der Waals surface area contributed by atoms with E-state index >= 15 is 0 Å². The number of piperidine rings is 1. The first-order valence-corrected chi connectivity index (χ1v) is 13.1. The Labute approximate surface area is 221 Å². The third-order valence-corrected chi connectivity index (χ3v) is 8.91. The lowest BCUT2D eigenvalue weighted by Crippen LogP contribution is -2.61. The summed E-state index contributed by atoms with van der Waals surface area (Å²) in [5.74, 6) is -7.11. The third-order valence-electron chi connectivity index (χ3n) is 8.91. The summed E-state index contributed by atoms with van der Waals surface area (Å²) in [5, 5.41) is 45.3. The number of ketones is 2. The van der Waals surface area contributed by atoms with Gasteiger partial charge in [-0.15, -0.1) is 0 Å². The van der Waals surface area contributed by atoms with Crippen molar-refractivity contribution < 1.29 is 34.8 Å². The summed E-state index contributed by atoms with van der Waals surface area (Å²) in [7, 11) is 3.74. The van der Waals surface area contributed by atoms with Crippen molar-refractivity contribution in [3.05, 3.63) is 39.7 Å². The molecule has 10 nitrogen and oxygen atoms in total. The third kappa shape index (κ3) is 3.65. The molecule has 0 spiro atoms. The highest BCUT2D eigenvalue weighted by molar-refractivity contribution is 6.23. The number of fused-ring (bicyclic) bond motifs is 3. The predicted octanol–water partition coefficient (Wildman–Crippen LogP) is 1.72. The Hall–Kier alpha value is -3.37. The van der Waals surface area contributed by atoms with Gasteiger partial charge in [0.1, 0.15) is 22.8 Å². The van der Waals surface area contributed by atoms with Crippen molar-refractivity contribution in [1.29, 1.82) is 0 Å². The summed E-state index contributed by atoms with van der Waals surface area (Å²) < 4.78 is 0. The Morgan fingerprint density at radius 1 is 1.16 bits per heavy atom. The van der Waals surface area contributed by atoms with Gasteiger partial charge in [-0.25, -0.2) is 0 Å². The summed E-state index contributed by atoms with van der Waals surface area (Å²) >= 11 is 0. The Balaban J connectivity index is 1.67. The summed E-state index contributed by atoms with van der Waals surface area (Å²) in [4.78, 5) is 42.8. The van der Waals surface area contributed by atoms with E-state index in [1.54, 1.807) is 0 Å². The van der Waals surface area contributed by atoms with Gasteiger partial charge in [-0.2, -0.15) is 0 Å². The Kier molecular flexibility index (Phi) is 6.30. The second-order valence-electron chi connectivity index (χ2n) is 11.3. The van der Waals surface area contributed by atoms with Crippen molar-refractivity contribution in [3.63, 3.8) is 0 Å². The summed E-state index contributed by atoms with van der Waals surface area (Å²) in [6.45, 7) is 3.79. The molecular weight excluding hydrogens is 490 g/mol. The average molecular weight is 526 g/mol. The topological polar surface area (TPSA) is 165 Å². The Morgan fingerprint density at radius 3 is 2.42 bits per heavy atom. The van der Waals surface area contributed by atoms with Crippen LogP contribution in [-0.4, -0.2) is 75.6 Å². The highest BCUT2D eigenvalue weighted by Crippen LogP contribution is 2.54. The molecule has 1 aromatic rings. The SMILES string of the molecule is C[C@@H]1C(=O)C(C(N)=O)=C(O)[C@@]2(O)C(=O)C3=C(O)c4c(O)c(CN5CCCCC5)cc(N(C)C)c4C[C@H]3C[C@@H]12. The molecule has 6 N–H and O–H groups in total. The van der Waals surface area contributed by atoms with Gasteiger partial charge >= 0.3 is 0 Å². The number of benzene rings is 1. The molecule has 0 bridgehead atoms. The quantitative estimate of drug-likeness (QED) is 0.368. The summed E-state index contributed by atoms with van der Waals surface area (Å²) in [5.41, 5.74) is 4.06. The van der Waals surface area contributed by atoms with Gasteiger partial charge in [0, 0.05) is 49.3 Å². The number of amides is 1. The van der Waals surface area contributed by atoms with Crippen LogP contribution in [0.5, 0.6) is 5.75 Å². The van der Waals surface area contributed by atoms with Gasteiger partial charge in [0.25, 0.3) is 5.91 Å². The lowest BCUT2D eigenvalue weighted by molar-refractivity contribution is -0.152. The number of carbonyl (C=O) groups excluding carboxylic acids is 3. The normalized spacial score (nSPS) is 29.6. The van der Waals surface area contributed by atoms with Gasteiger partial charge in [0.15, 0.2) is 11.4 Å². The number of nitrogens with two attached hydrogens (primary N) is 1. The van der Waals surface area contributed by atoms with Crippen molar-refractivity contribution in [1.82, 2.24) is 4.90 Å². The van der Waals surface area contributed by atoms with E-state index in [0.717, 1.165) is 31.6 Å². The smallest absolute Gasteiger partial charge is 0.255 e. The van der Waals surface area contributed by atoms with Crippen LogP contribution >= 0.6 is 0 Å². The number of anilines is 1. The zero-order chi connectivity index (χ0) is 27.7. The molecule has 38 heavy (non-hydrogen) atoms. The fourth-order valence-corrected chi connectivity index (χ4v) is 6.92. The van der Waals surface area contributed by atoms with Crippen molar-refractivity contribution >= 4 is 28.9 Å². The van der Waals surface area contributed by atoms with E-state index in [1.165, 1.54) is 13.3 Å². The number of aliphatic hydroxyl groups is 3. The first kappa shape index (κ1) is 26.2. The minimum atomic E-state index is -2.58. The average Bonchev–Trinajstić information content (AvgIpc) is 2.86. The molecule has 204 valence electrons. The van der Waals surface area contributed by atoms with Crippen LogP contribution in [0.1, 0.15) is 49.3 Å². The first-order valence-electron chi connectivity index (χ1n) is 13.1. The number of carbonyl (C=O) groups is 3. The van der Waals surface area contributed by atoms with E-state index in [0.29, 0.717) is 17.7 Å². The number of rotatable bonds is 4. The standard InChI is InChI=1S/C28H35N3O7/c1-13-17-10-14-9-16-18(30(2)3)11-15(12-31-7-5-4-6-8-31)23(33)20(16)24(34)19(14)25(35)28(17,38)26(36)21(22(13)32)27(29)37/h11,13-14,17,33-34,36,38H,4-10,12H2,1-3H3,(H2,29,37)/t13-,14-,17-,28-/m0/s1. The van der Waals surface area contributed by atoms with E-state index in [1.807, 2.05) is 25.1 Å². The van der Waals surface area contributed by atoms with Crippen molar-refractivity contribution in [2.45, 2.75) is 51.2 Å². The number of primary amides is 1. The number of phenols is 1. The van der Waals surface area contributed by atoms with Crippen molar-refractivity contribution in [3.8, 4) is 5.75 Å². The molecule has 4 aliphatic rings. The second kappa shape index (κ2) is 9.13. The lowest BCUT2D eigenvalue weighted by atomic mass is 9.56. The maximum absolute atomic E-state index is 13.9. The second-order valence-corrected chi connectivity index (χ2v) is 11.3. The minimum Gasteiger partial charge on any atom is -0.508 e. The molecule has 4 atom stereocenters. The monoisotopic (exact) mass is 525 g/mol. The number of hydrogen-bond donors (Lipinski definition) is 5. The Morgan fingerprint density at radius 2 is 1.82 bits per heavy atom. The lowest BCUT2D eigenvalue weighted by Gasteiger charge is -2.48. The molecule has 10 heteroatoms. The van der Waals surface area contributed by atoms with Gasteiger partial charge in [0.2, 0.25) is 5.78 Å². The summed E-state index contributed by atoms with van der Waals surface area (Å²) in [6.07, 6.45) is 3.70. The van der Waals surface area contributed by atoms with Crippen LogP contribution in [0, 0.1) is 17.8 Å². The molecule has 0 radical (unpaired) electrons.